The van der Waals surface area contributed by atoms with Gasteiger partial charge in [0, 0.05) is 11.8 Å². The third-order valence-electron chi connectivity index (χ3n) is 3.34. The predicted molar refractivity (Wildman–Crippen MR) is 103 cm³/mol. The lowest BCUT2D eigenvalue weighted by Gasteiger charge is -2.09. The van der Waals surface area contributed by atoms with Gasteiger partial charge in [-0.3, -0.25) is 5.43 Å². The van der Waals surface area contributed by atoms with Crippen molar-refractivity contribution >= 4 is 35.2 Å². The van der Waals surface area contributed by atoms with Gasteiger partial charge in [0.1, 0.15) is 18.2 Å². The number of halogens is 2. The van der Waals surface area contributed by atoms with Gasteiger partial charge in [0.05, 0.1) is 16.3 Å². The third-order valence-corrected chi connectivity index (χ3v) is 4.08. The Labute approximate surface area is 156 Å². The maximum atomic E-state index is 6.03. The van der Waals surface area contributed by atoms with E-state index in [1.807, 2.05) is 48.5 Å². The largest absolute Gasteiger partial charge is 0.488 e. The minimum absolute atomic E-state index is 0.384. The minimum Gasteiger partial charge on any atom is -0.488 e. The molecule has 4 nitrogen and oxygen atoms in total. The average molecular weight is 372 g/mol. The average Bonchev–Trinajstić information content (AvgIpc) is 2.64. The summed E-state index contributed by atoms with van der Waals surface area (Å²) in [5.41, 5.74) is 4.67. The number of rotatable bonds is 6. The lowest BCUT2D eigenvalue weighted by atomic mass is 10.2. The van der Waals surface area contributed by atoms with E-state index in [0.717, 1.165) is 16.9 Å². The molecule has 0 atom stereocenters. The molecular formula is C19H15Cl2N3O. The van der Waals surface area contributed by atoms with E-state index in [9.17, 15) is 0 Å². The fourth-order valence-corrected chi connectivity index (χ4v) is 2.43. The molecule has 0 aliphatic heterocycles. The molecule has 1 N–H and O–H groups in total. The van der Waals surface area contributed by atoms with Crippen LogP contribution in [0.2, 0.25) is 10.0 Å². The molecule has 0 radical (unpaired) electrons. The summed E-state index contributed by atoms with van der Waals surface area (Å²) < 4.78 is 5.88. The van der Waals surface area contributed by atoms with E-state index in [4.69, 9.17) is 27.9 Å². The number of hydrazone groups is 1. The van der Waals surface area contributed by atoms with Crippen LogP contribution in [0, 0.1) is 0 Å². The Morgan fingerprint density at radius 2 is 1.84 bits per heavy atom. The van der Waals surface area contributed by atoms with Crippen LogP contribution in [0.3, 0.4) is 0 Å². The first-order valence-corrected chi connectivity index (χ1v) is 8.34. The van der Waals surface area contributed by atoms with Gasteiger partial charge < -0.3 is 4.74 Å². The maximum Gasteiger partial charge on any atom is 0.146 e. The van der Waals surface area contributed by atoms with Crippen molar-refractivity contribution in [2.24, 2.45) is 5.10 Å². The fourth-order valence-electron chi connectivity index (χ4n) is 2.11. The molecule has 126 valence electrons. The molecule has 0 spiro atoms. The van der Waals surface area contributed by atoms with Crippen molar-refractivity contribution in [1.29, 1.82) is 0 Å². The van der Waals surface area contributed by atoms with Crippen LogP contribution < -0.4 is 10.2 Å². The maximum absolute atomic E-state index is 6.03. The molecular weight excluding hydrogens is 357 g/mol. The molecule has 1 aromatic heterocycles. The molecule has 0 aliphatic rings. The van der Waals surface area contributed by atoms with E-state index in [1.165, 1.54) is 0 Å². The predicted octanol–water partition coefficient (Wildman–Crippen LogP) is 5.41. The smallest absolute Gasteiger partial charge is 0.146 e. The highest BCUT2D eigenvalue weighted by molar-refractivity contribution is 6.42. The van der Waals surface area contributed by atoms with Crippen LogP contribution in [0.25, 0.3) is 0 Å². The molecule has 0 saturated carbocycles. The molecule has 6 heteroatoms. The number of para-hydroxylation sites is 1. The van der Waals surface area contributed by atoms with Crippen molar-refractivity contribution in [3.8, 4) is 5.75 Å². The highest BCUT2D eigenvalue weighted by atomic mass is 35.5. The molecule has 3 aromatic rings. The van der Waals surface area contributed by atoms with Gasteiger partial charge in [0.2, 0.25) is 0 Å². The number of nitrogens with zero attached hydrogens (tertiary/aromatic N) is 2. The summed E-state index contributed by atoms with van der Waals surface area (Å²) in [5.74, 6) is 1.40. The Bertz CT molecular complexity index is 870. The van der Waals surface area contributed by atoms with E-state index >= 15 is 0 Å². The number of pyridine rings is 1. The molecule has 25 heavy (non-hydrogen) atoms. The van der Waals surface area contributed by atoms with Crippen LogP contribution in [0.1, 0.15) is 11.1 Å². The van der Waals surface area contributed by atoms with Gasteiger partial charge in [0.25, 0.3) is 0 Å². The molecule has 3 rings (SSSR count). The first-order valence-electron chi connectivity index (χ1n) is 7.58. The number of hydrogen-bond acceptors (Lipinski definition) is 4. The normalized spacial score (nSPS) is 10.8. The van der Waals surface area contributed by atoms with Crippen LogP contribution in [0.5, 0.6) is 5.75 Å². The van der Waals surface area contributed by atoms with Gasteiger partial charge in [-0.25, -0.2) is 4.98 Å². The third kappa shape index (κ3) is 4.95. The van der Waals surface area contributed by atoms with E-state index < -0.39 is 0 Å². The van der Waals surface area contributed by atoms with Gasteiger partial charge in [-0.05, 0) is 42.0 Å². The summed E-state index contributed by atoms with van der Waals surface area (Å²) in [6.45, 7) is 0.384. The molecule has 0 aliphatic carbocycles. The second-order valence-electron chi connectivity index (χ2n) is 5.16. The molecule has 0 saturated heterocycles. The Morgan fingerprint density at radius 1 is 1.00 bits per heavy atom. The number of ether oxygens (including phenoxy) is 1. The van der Waals surface area contributed by atoms with Gasteiger partial charge in [0.15, 0.2) is 0 Å². The van der Waals surface area contributed by atoms with Crippen molar-refractivity contribution in [3.05, 3.63) is 88.0 Å². The Hall–Kier alpha value is -2.56. The van der Waals surface area contributed by atoms with Gasteiger partial charge in [-0.15, -0.1) is 0 Å². The van der Waals surface area contributed by atoms with Gasteiger partial charge in [-0.1, -0.05) is 47.5 Å². The molecule has 0 amide bonds. The summed E-state index contributed by atoms with van der Waals surface area (Å²) in [7, 11) is 0. The Kier molecular flexibility index (Phi) is 5.88. The number of benzene rings is 2. The zero-order chi connectivity index (χ0) is 17.5. The second kappa shape index (κ2) is 8.51. The van der Waals surface area contributed by atoms with Crippen molar-refractivity contribution in [1.82, 2.24) is 4.98 Å². The summed E-state index contributed by atoms with van der Waals surface area (Å²) in [4.78, 5) is 4.14. The van der Waals surface area contributed by atoms with Crippen LogP contribution in [0.4, 0.5) is 5.82 Å². The van der Waals surface area contributed by atoms with Gasteiger partial charge in [-0.2, -0.15) is 5.10 Å². The Balaban J connectivity index is 1.67. The number of aromatic nitrogens is 1. The highest BCUT2D eigenvalue weighted by Crippen LogP contribution is 2.24. The van der Waals surface area contributed by atoms with Gasteiger partial charge >= 0.3 is 0 Å². The van der Waals surface area contributed by atoms with Crippen LogP contribution in [-0.4, -0.2) is 11.2 Å². The van der Waals surface area contributed by atoms with E-state index in [-0.39, 0.29) is 0 Å². The minimum atomic E-state index is 0.384. The summed E-state index contributed by atoms with van der Waals surface area (Å²) in [5, 5.41) is 5.23. The topological polar surface area (TPSA) is 46.5 Å². The zero-order valence-corrected chi connectivity index (χ0v) is 14.7. The lowest BCUT2D eigenvalue weighted by molar-refractivity contribution is 0.306. The summed E-state index contributed by atoms with van der Waals surface area (Å²) >= 11 is 12.0. The molecule has 1 heterocycles. The van der Waals surface area contributed by atoms with Crippen molar-refractivity contribution in [2.75, 3.05) is 5.43 Å². The first kappa shape index (κ1) is 17.3. The lowest BCUT2D eigenvalue weighted by Crippen LogP contribution is -1.99. The van der Waals surface area contributed by atoms with Crippen LogP contribution >= 0.6 is 23.2 Å². The zero-order valence-electron chi connectivity index (χ0n) is 13.2. The quantitative estimate of drug-likeness (QED) is 0.465. The fraction of sp³-hybridized carbons (Fsp3) is 0.0526. The highest BCUT2D eigenvalue weighted by Gasteiger charge is 2.03. The van der Waals surface area contributed by atoms with Crippen LogP contribution in [-0.2, 0) is 6.61 Å². The summed E-state index contributed by atoms with van der Waals surface area (Å²) in [6, 6.07) is 18.7. The SMILES string of the molecule is Clc1ccc(COc2ccccc2C=NNc2ccccn2)cc1Cl. The monoisotopic (exact) mass is 371 g/mol. The van der Waals surface area contributed by atoms with Crippen molar-refractivity contribution in [2.45, 2.75) is 6.61 Å². The first-order chi connectivity index (χ1) is 12.2. The van der Waals surface area contributed by atoms with E-state index in [1.54, 1.807) is 24.5 Å². The van der Waals surface area contributed by atoms with Crippen LogP contribution in [0.15, 0.2) is 72.0 Å². The van der Waals surface area contributed by atoms with E-state index in [0.29, 0.717) is 22.5 Å². The number of nitrogens with one attached hydrogen (secondary N) is 1. The Morgan fingerprint density at radius 3 is 2.64 bits per heavy atom. The standard InChI is InChI=1S/C19H15Cl2N3O/c20-16-9-8-14(11-17(16)21)13-25-18-6-2-1-5-15(18)12-23-24-19-7-3-4-10-22-19/h1-12H,13H2,(H,22,24). The molecule has 0 unspecified atom stereocenters. The number of anilines is 1. The molecule has 0 bridgehead atoms. The van der Waals surface area contributed by atoms with Crippen molar-refractivity contribution in [3.63, 3.8) is 0 Å². The second-order valence-corrected chi connectivity index (χ2v) is 5.97. The molecule has 0 fully saturated rings. The van der Waals surface area contributed by atoms with E-state index in [2.05, 4.69) is 15.5 Å². The number of hydrogen-bond donors (Lipinski definition) is 1. The molecule has 2 aromatic carbocycles. The summed E-state index contributed by atoms with van der Waals surface area (Å²) in [6.07, 6.45) is 3.39. The van der Waals surface area contributed by atoms with Crippen molar-refractivity contribution < 1.29 is 4.74 Å².